The molecule has 0 fully saturated rings. The minimum Gasteiger partial charge on any atom is -0.628 e. The Morgan fingerprint density at radius 1 is 1.64 bits per heavy atom. The van der Waals surface area contributed by atoms with Crippen LogP contribution in [0, 0.1) is 5.21 Å². The Morgan fingerprint density at radius 2 is 2.09 bits per heavy atom. The fourth-order valence-corrected chi connectivity index (χ4v) is 0.612. The van der Waals surface area contributed by atoms with E-state index in [0.717, 1.165) is 0 Å². The minimum absolute atomic E-state index is 0.201. The smallest absolute Gasteiger partial charge is 0.357 e. The van der Waals surface area contributed by atoms with Crippen molar-refractivity contribution in [3.8, 4) is 0 Å². The van der Waals surface area contributed by atoms with Gasteiger partial charge in [0.15, 0.2) is 0 Å². The lowest BCUT2D eigenvalue weighted by Crippen LogP contribution is -2.26. The fourth-order valence-electron chi connectivity index (χ4n) is 0.612. The second-order valence-electron chi connectivity index (χ2n) is 2.65. The highest BCUT2D eigenvalue weighted by Crippen LogP contribution is 2.01. The number of hydrogen-bond donors (Lipinski definition) is 1. The van der Waals surface area contributed by atoms with Gasteiger partial charge in [0.05, 0.1) is 19.7 Å². The van der Waals surface area contributed by atoms with Crippen molar-refractivity contribution in [1.29, 1.82) is 0 Å². The zero-order chi connectivity index (χ0) is 9.07. The zero-order valence-electron chi connectivity index (χ0n) is 6.83. The third-order valence-corrected chi connectivity index (χ3v) is 0.934. The van der Waals surface area contributed by atoms with Gasteiger partial charge in [-0.3, -0.25) is 0 Å². The van der Waals surface area contributed by atoms with E-state index in [1.807, 2.05) is 0 Å². The van der Waals surface area contributed by atoms with E-state index in [1.54, 1.807) is 0 Å². The number of hydroxylamine groups is 3. The number of quaternary nitrogens is 1. The first-order chi connectivity index (χ1) is 4.87. The third-order valence-electron chi connectivity index (χ3n) is 0.934. The van der Waals surface area contributed by atoms with E-state index in [0.29, 0.717) is 0 Å². The first-order valence-corrected chi connectivity index (χ1v) is 3.02. The van der Waals surface area contributed by atoms with Crippen LogP contribution in [0.1, 0.15) is 6.92 Å². The summed E-state index contributed by atoms with van der Waals surface area (Å²) in [5, 5.41) is 10.9. The van der Waals surface area contributed by atoms with E-state index in [4.69, 9.17) is 0 Å². The summed E-state index contributed by atoms with van der Waals surface area (Å²) in [6.45, 7) is 1.47. The molecule has 0 bridgehead atoms. The Bertz CT molecular complexity index is 181. The lowest BCUT2D eigenvalue weighted by atomic mass is 10.3. The van der Waals surface area contributed by atoms with Crippen LogP contribution >= 0.6 is 0 Å². The molecule has 0 aromatic heterocycles. The quantitative estimate of drug-likeness (QED) is 0.347. The van der Waals surface area contributed by atoms with Crippen LogP contribution < -0.4 is 5.90 Å². The molecule has 64 valence electrons. The van der Waals surface area contributed by atoms with Crippen molar-refractivity contribution in [2.45, 2.75) is 6.92 Å². The van der Waals surface area contributed by atoms with Crippen molar-refractivity contribution in [1.82, 2.24) is 0 Å². The van der Waals surface area contributed by atoms with Crippen molar-refractivity contribution in [3.05, 3.63) is 17.0 Å². The van der Waals surface area contributed by atoms with Gasteiger partial charge >= 0.3 is 5.97 Å². The van der Waals surface area contributed by atoms with Crippen molar-refractivity contribution < 1.29 is 14.3 Å². The summed E-state index contributed by atoms with van der Waals surface area (Å²) in [5.41, 5.74) is 0.201. The molecule has 11 heavy (non-hydrogen) atoms. The van der Waals surface area contributed by atoms with Gasteiger partial charge in [0, 0.05) is 0 Å². The molecular formula is C6H12N2O3. The highest BCUT2D eigenvalue weighted by atomic mass is 16.7. The molecule has 0 amide bonds. The topological polar surface area (TPSA) is 75.4 Å². The predicted octanol–water partition coefficient (Wildman–Crippen LogP) is -0.119. The van der Waals surface area contributed by atoms with E-state index < -0.39 is 10.6 Å². The standard InChI is InChI=1S/C6H12N2O3/c1-5(6(9)11-7)4-8(2,3)10/h4H,7H2,1-3H3. The Kier molecular flexibility index (Phi) is 3.18. The van der Waals surface area contributed by atoms with Crippen LogP contribution in [0.15, 0.2) is 11.8 Å². The lowest BCUT2D eigenvalue weighted by molar-refractivity contribution is -0.785. The van der Waals surface area contributed by atoms with E-state index in [-0.39, 0.29) is 5.57 Å². The van der Waals surface area contributed by atoms with Gasteiger partial charge in [-0.15, -0.1) is 0 Å². The average molecular weight is 160 g/mol. The van der Waals surface area contributed by atoms with Gasteiger partial charge in [0.25, 0.3) is 0 Å². The van der Waals surface area contributed by atoms with Crippen molar-refractivity contribution in [2.24, 2.45) is 5.90 Å². The van der Waals surface area contributed by atoms with Crippen molar-refractivity contribution >= 4 is 5.97 Å². The molecule has 0 spiro atoms. The van der Waals surface area contributed by atoms with Gasteiger partial charge in [0.2, 0.25) is 0 Å². The van der Waals surface area contributed by atoms with Gasteiger partial charge in [-0.1, -0.05) is 0 Å². The second-order valence-corrected chi connectivity index (χ2v) is 2.65. The Balaban J connectivity index is 4.34. The molecular weight excluding hydrogens is 148 g/mol. The van der Waals surface area contributed by atoms with Gasteiger partial charge in [-0.2, -0.15) is 5.90 Å². The van der Waals surface area contributed by atoms with Gasteiger partial charge in [-0.25, -0.2) is 4.79 Å². The fraction of sp³-hybridized carbons (Fsp3) is 0.500. The van der Waals surface area contributed by atoms with Crippen molar-refractivity contribution in [2.75, 3.05) is 14.1 Å². The monoisotopic (exact) mass is 160 g/mol. The van der Waals surface area contributed by atoms with Crippen LogP contribution in [0.2, 0.25) is 0 Å². The summed E-state index contributed by atoms with van der Waals surface area (Å²) in [5.74, 6) is 3.90. The maximum Gasteiger partial charge on any atom is 0.357 e. The summed E-state index contributed by atoms with van der Waals surface area (Å²) >= 11 is 0. The molecule has 0 aromatic carbocycles. The molecule has 0 aliphatic carbocycles. The maximum atomic E-state index is 10.9. The summed E-state index contributed by atoms with van der Waals surface area (Å²) in [6.07, 6.45) is 1.20. The Hall–Kier alpha value is -0.910. The second kappa shape index (κ2) is 3.47. The maximum absolute atomic E-state index is 10.9. The van der Waals surface area contributed by atoms with Crippen LogP contribution in [0.25, 0.3) is 0 Å². The molecule has 5 nitrogen and oxygen atoms in total. The summed E-state index contributed by atoms with van der Waals surface area (Å²) in [7, 11) is 2.76. The Morgan fingerprint density at radius 3 is 2.36 bits per heavy atom. The third kappa shape index (κ3) is 4.49. The number of nitrogens with zero attached hydrogens (tertiary/aromatic N) is 1. The zero-order valence-corrected chi connectivity index (χ0v) is 6.83. The summed E-state index contributed by atoms with van der Waals surface area (Å²) < 4.78 is -0.680. The van der Waals surface area contributed by atoms with E-state index >= 15 is 0 Å². The van der Waals surface area contributed by atoms with Gasteiger partial charge in [0.1, 0.15) is 6.20 Å². The van der Waals surface area contributed by atoms with E-state index in [1.165, 1.54) is 27.2 Å². The van der Waals surface area contributed by atoms with Gasteiger partial charge in [-0.05, 0) is 6.92 Å². The molecule has 0 saturated heterocycles. The predicted molar refractivity (Wildman–Crippen MR) is 39.5 cm³/mol. The highest BCUT2D eigenvalue weighted by molar-refractivity contribution is 5.87. The number of nitrogens with two attached hydrogens (primary N) is 1. The largest absolute Gasteiger partial charge is 0.628 e. The molecule has 0 radical (unpaired) electrons. The van der Waals surface area contributed by atoms with E-state index in [9.17, 15) is 10.0 Å². The molecule has 2 N–H and O–H groups in total. The van der Waals surface area contributed by atoms with Crippen LogP contribution in [0.4, 0.5) is 0 Å². The van der Waals surface area contributed by atoms with Crippen LogP contribution in [0.3, 0.4) is 0 Å². The van der Waals surface area contributed by atoms with Gasteiger partial charge < -0.3 is 14.7 Å². The molecule has 0 heterocycles. The van der Waals surface area contributed by atoms with Crippen LogP contribution in [-0.2, 0) is 9.63 Å². The number of carbonyl (C=O) groups is 1. The highest BCUT2D eigenvalue weighted by Gasteiger charge is 2.08. The first-order valence-electron chi connectivity index (χ1n) is 3.02. The molecule has 0 aromatic rings. The number of carbonyl (C=O) groups excluding carboxylic acids is 1. The van der Waals surface area contributed by atoms with E-state index in [2.05, 4.69) is 10.7 Å². The molecule has 0 aliphatic heterocycles. The SMILES string of the molecule is CC(=C[N+](C)(C)[O-])C(=O)ON. The van der Waals surface area contributed by atoms with Crippen LogP contribution in [-0.4, -0.2) is 24.7 Å². The molecule has 0 atom stereocenters. The molecule has 0 aliphatic rings. The number of hydrogen-bond acceptors (Lipinski definition) is 4. The molecule has 0 unspecified atom stereocenters. The molecule has 0 rings (SSSR count). The van der Waals surface area contributed by atoms with Crippen molar-refractivity contribution in [3.63, 3.8) is 0 Å². The lowest BCUT2D eigenvalue weighted by Gasteiger charge is -2.28. The Labute approximate surface area is 65.2 Å². The molecule has 5 heteroatoms. The first kappa shape index (κ1) is 10.1. The summed E-state index contributed by atoms with van der Waals surface area (Å²) in [4.78, 5) is 14.5. The summed E-state index contributed by atoms with van der Waals surface area (Å²) in [6, 6.07) is 0. The minimum atomic E-state index is -0.688. The van der Waals surface area contributed by atoms with Crippen LogP contribution in [0.5, 0.6) is 0 Å². The normalized spacial score (nSPS) is 13.0. The average Bonchev–Trinajstić information content (AvgIpc) is 1.82. The molecule has 0 saturated carbocycles. The number of rotatable bonds is 2.